The first-order chi connectivity index (χ1) is 9.60. The van der Waals surface area contributed by atoms with E-state index >= 15 is 0 Å². The van der Waals surface area contributed by atoms with Crippen molar-refractivity contribution in [1.29, 1.82) is 0 Å². The predicted molar refractivity (Wildman–Crippen MR) is 77.9 cm³/mol. The number of phenolic OH excluding ortho intramolecular Hbond substituents is 1. The fourth-order valence-electron chi connectivity index (χ4n) is 2.60. The maximum absolute atomic E-state index is 9.89. The molecule has 0 saturated heterocycles. The average Bonchev–Trinajstić information content (AvgIpc) is 2.76. The smallest absolute Gasteiger partial charge is 0.164 e. The summed E-state index contributed by atoms with van der Waals surface area (Å²) in [5, 5.41) is 10.6. The van der Waals surface area contributed by atoms with Crippen molar-refractivity contribution in [2.75, 3.05) is 7.11 Å². The summed E-state index contributed by atoms with van der Waals surface area (Å²) in [4.78, 5) is 0. The molecule has 2 aromatic carbocycles. The summed E-state index contributed by atoms with van der Waals surface area (Å²) in [6, 6.07) is 11.1. The monoisotopic (exact) mass is 290 g/mol. The highest BCUT2D eigenvalue weighted by Gasteiger charge is 2.33. The lowest BCUT2D eigenvalue weighted by Gasteiger charge is -2.15. The summed E-state index contributed by atoms with van der Waals surface area (Å²) in [6.07, 6.45) is -0.0752. The summed E-state index contributed by atoms with van der Waals surface area (Å²) < 4.78 is 11.1. The fourth-order valence-corrected chi connectivity index (χ4v) is 2.72. The Morgan fingerprint density at radius 3 is 2.55 bits per heavy atom. The molecule has 20 heavy (non-hydrogen) atoms. The molecule has 104 valence electrons. The van der Waals surface area contributed by atoms with Crippen molar-refractivity contribution in [3.05, 3.63) is 52.5 Å². The van der Waals surface area contributed by atoms with Gasteiger partial charge in [0.15, 0.2) is 11.5 Å². The molecule has 1 heterocycles. The number of rotatable bonds is 2. The van der Waals surface area contributed by atoms with E-state index in [0.29, 0.717) is 10.8 Å². The number of aromatic hydroxyl groups is 1. The Hall–Kier alpha value is -1.87. The summed E-state index contributed by atoms with van der Waals surface area (Å²) in [7, 11) is 1.52. The molecule has 3 nitrogen and oxygen atoms in total. The Bertz CT molecular complexity index is 637. The molecular formula is C16H15ClO3. The van der Waals surface area contributed by atoms with Gasteiger partial charge in [-0.3, -0.25) is 0 Å². The summed E-state index contributed by atoms with van der Waals surface area (Å²) in [5.74, 6) is 1.47. The van der Waals surface area contributed by atoms with Crippen molar-refractivity contribution >= 4 is 11.6 Å². The summed E-state index contributed by atoms with van der Waals surface area (Å²) in [5.41, 5.74) is 2.06. The van der Waals surface area contributed by atoms with Gasteiger partial charge in [0.25, 0.3) is 0 Å². The van der Waals surface area contributed by atoms with Gasteiger partial charge in [-0.15, -0.1) is 0 Å². The van der Waals surface area contributed by atoms with E-state index in [2.05, 4.69) is 6.92 Å². The van der Waals surface area contributed by atoms with Crippen molar-refractivity contribution in [3.63, 3.8) is 0 Å². The van der Waals surface area contributed by atoms with E-state index in [9.17, 15) is 5.11 Å². The van der Waals surface area contributed by atoms with Crippen LogP contribution in [0.1, 0.15) is 30.1 Å². The summed E-state index contributed by atoms with van der Waals surface area (Å²) >= 11 is 5.91. The van der Waals surface area contributed by atoms with E-state index < -0.39 is 0 Å². The Morgan fingerprint density at radius 1 is 1.20 bits per heavy atom. The van der Waals surface area contributed by atoms with Crippen LogP contribution < -0.4 is 9.47 Å². The molecular weight excluding hydrogens is 276 g/mol. The highest BCUT2D eigenvalue weighted by molar-refractivity contribution is 6.30. The van der Waals surface area contributed by atoms with E-state index in [-0.39, 0.29) is 17.8 Å². The Morgan fingerprint density at radius 2 is 1.90 bits per heavy atom. The van der Waals surface area contributed by atoms with Crippen LogP contribution in [-0.4, -0.2) is 12.2 Å². The number of hydrogen-bond donors (Lipinski definition) is 1. The second-order valence-corrected chi connectivity index (χ2v) is 5.38. The van der Waals surface area contributed by atoms with Gasteiger partial charge in [0, 0.05) is 22.6 Å². The summed E-state index contributed by atoms with van der Waals surface area (Å²) in [6.45, 7) is 2.08. The fraction of sp³-hybridized carbons (Fsp3) is 0.250. The molecule has 0 aliphatic carbocycles. The van der Waals surface area contributed by atoms with E-state index in [1.165, 1.54) is 7.11 Å². The normalized spacial score (nSPS) is 20.4. The molecule has 0 saturated carbocycles. The van der Waals surface area contributed by atoms with Crippen LogP contribution in [0.5, 0.6) is 17.2 Å². The van der Waals surface area contributed by atoms with Crippen molar-refractivity contribution in [2.45, 2.75) is 18.9 Å². The Labute approximate surface area is 122 Å². The molecule has 2 aromatic rings. The lowest BCUT2D eigenvalue weighted by Crippen LogP contribution is -2.06. The van der Waals surface area contributed by atoms with E-state index in [4.69, 9.17) is 21.1 Å². The van der Waals surface area contributed by atoms with Crippen molar-refractivity contribution in [2.24, 2.45) is 0 Å². The van der Waals surface area contributed by atoms with Gasteiger partial charge < -0.3 is 14.6 Å². The standard InChI is InChI=1S/C16H15ClO3/c1-9-12-7-13(18)15(19-2)8-14(12)20-16(9)10-3-5-11(17)6-4-10/h3-9,16,18H,1-2H3/t9-,16?/m0/s1. The molecule has 0 radical (unpaired) electrons. The van der Waals surface area contributed by atoms with Crippen LogP contribution in [0.4, 0.5) is 0 Å². The van der Waals surface area contributed by atoms with Crippen LogP contribution in [0.25, 0.3) is 0 Å². The molecule has 2 atom stereocenters. The van der Waals surface area contributed by atoms with Gasteiger partial charge in [-0.25, -0.2) is 0 Å². The minimum Gasteiger partial charge on any atom is -0.504 e. The number of hydrogen-bond acceptors (Lipinski definition) is 3. The van der Waals surface area contributed by atoms with E-state index in [1.807, 2.05) is 24.3 Å². The van der Waals surface area contributed by atoms with Crippen LogP contribution in [0.2, 0.25) is 5.02 Å². The Kier molecular flexibility index (Phi) is 3.22. The van der Waals surface area contributed by atoms with Gasteiger partial charge in [0.05, 0.1) is 7.11 Å². The van der Waals surface area contributed by atoms with Gasteiger partial charge in [0.2, 0.25) is 0 Å². The number of ether oxygens (including phenoxy) is 2. The van der Waals surface area contributed by atoms with Gasteiger partial charge in [-0.2, -0.15) is 0 Å². The molecule has 0 spiro atoms. The van der Waals surface area contributed by atoms with Crippen molar-refractivity contribution in [3.8, 4) is 17.2 Å². The number of fused-ring (bicyclic) bond motifs is 1. The minimum atomic E-state index is -0.0752. The van der Waals surface area contributed by atoms with E-state index in [1.54, 1.807) is 12.1 Å². The molecule has 1 N–H and O–H groups in total. The minimum absolute atomic E-state index is 0.0752. The second kappa shape index (κ2) is 4.91. The lowest BCUT2D eigenvalue weighted by molar-refractivity contribution is 0.215. The lowest BCUT2D eigenvalue weighted by atomic mass is 9.93. The first-order valence-electron chi connectivity index (χ1n) is 6.43. The predicted octanol–water partition coefficient (Wildman–Crippen LogP) is 4.29. The van der Waals surface area contributed by atoms with Gasteiger partial charge >= 0.3 is 0 Å². The molecule has 0 bridgehead atoms. The number of phenols is 1. The zero-order chi connectivity index (χ0) is 14.3. The zero-order valence-corrected chi connectivity index (χ0v) is 12.0. The van der Waals surface area contributed by atoms with Crippen LogP contribution in [-0.2, 0) is 0 Å². The third kappa shape index (κ3) is 2.08. The SMILES string of the molecule is COc1cc2c(cc1O)[C@H](C)C(c1ccc(Cl)cc1)O2. The third-order valence-electron chi connectivity index (χ3n) is 3.71. The highest BCUT2D eigenvalue weighted by Crippen LogP contribution is 2.49. The molecule has 1 aliphatic heterocycles. The molecule has 1 unspecified atom stereocenters. The molecule has 0 aromatic heterocycles. The van der Waals surface area contributed by atoms with Crippen molar-refractivity contribution in [1.82, 2.24) is 0 Å². The highest BCUT2D eigenvalue weighted by atomic mass is 35.5. The van der Waals surface area contributed by atoms with Crippen LogP contribution in [0, 0.1) is 0 Å². The molecule has 0 amide bonds. The molecule has 1 aliphatic rings. The van der Waals surface area contributed by atoms with Crippen molar-refractivity contribution < 1.29 is 14.6 Å². The number of benzene rings is 2. The average molecular weight is 291 g/mol. The maximum Gasteiger partial charge on any atom is 0.164 e. The molecule has 3 rings (SSSR count). The van der Waals surface area contributed by atoms with Crippen LogP contribution >= 0.6 is 11.6 Å². The maximum atomic E-state index is 9.89. The zero-order valence-electron chi connectivity index (χ0n) is 11.3. The number of halogens is 1. The molecule has 0 fully saturated rings. The largest absolute Gasteiger partial charge is 0.504 e. The number of methoxy groups -OCH3 is 1. The third-order valence-corrected chi connectivity index (χ3v) is 3.96. The van der Waals surface area contributed by atoms with E-state index in [0.717, 1.165) is 16.9 Å². The van der Waals surface area contributed by atoms with Crippen LogP contribution in [0.3, 0.4) is 0 Å². The first kappa shape index (κ1) is 13.1. The topological polar surface area (TPSA) is 38.7 Å². The van der Waals surface area contributed by atoms with Gasteiger partial charge in [-0.1, -0.05) is 30.7 Å². The van der Waals surface area contributed by atoms with Crippen LogP contribution in [0.15, 0.2) is 36.4 Å². The Balaban J connectivity index is 1.97. The second-order valence-electron chi connectivity index (χ2n) is 4.94. The molecule has 4 heteroatoms. The quantitative estimate of drug-likeness (QED) is 0.896. The van der Waals surface area contributed by atoms with Gasteiger partial charge in [-0.05, 0) is 23.8 Å². The van der Waals surface area contributed by atoms with Gasteiger partial charge in [0.1, 0.15) is 11.9 Å². The first-order valence-corrected chi connectivity index (χ1v) is 6.81.